The van der Waals surface area contributed by atoms with E-state index in [0.29, 0.717) is 32.1 Å². The number of rotatable bonds is 5. The number of ketones is 2. The molecule has 0 heterocycles. The van der Waals surface area contributed by atoms with Crippen LogP contribution >= 0.6 is 23.2 Å². The van der Waals surface area contributed by atoms with E-state index in [2.05, 4.69) is 0 Å². The van der Waals surface area contributed by atoms with E-state index in [9.17, 15) is 19.5 Å². The third kappa shape index (κ3) is 2.96. The first-order valence-electron chi connectivity index (χ1n) is 11.6. The number of hydrogen-bond acceptors (Lipinski definition) is 5. The Kier molecular flexibility index (Phi) is 5.96. The standard InChI is InChI=1S/C25H32Cl2O5/c1-4-5-21(31)32-24(20(30)14-26)11-9-17-18-7-6-15-12-16(28)8-10-22(15,2)25(18,27)19(29)13-23(17,24)3/h8,10,12,17-19,29H,4-7,9,11,13-14H2,1-3H3/t17-,18-,19?,22-,23-,24-,25-/m0/s1. The van der Waals surface area contributed by atoms with Gasteiger partial charge in [0.15, 0.2) is 17.2 Å². The van der Waals surface area contributed by atoms with Crippen LogP contribution in [0.1, 0.15) is 65.7 Å². The van der Waals surface area contributed by atoms with Crippen LogP contribution < -0.4 is 0 Å². The van der Waals surface area contributed by atoms with E-state index in [1.165, 1.54) is 0 Å². The van der Waals surface area contributed by atoms with Gasteiger partial charge in [-0.2, -0.15) is 0 Å². The van der Waals surface area contributed by atoms with Gasteiger partial charge in [0.25, 0.3) is 0 Å². The van der Waals surface area contributed by atoms with Crippen LogP contribution in [0.5, 0.6) is 0 Å². The summed E-state index contributed by atoms with van der Waals surface area (Å²) in [5.41, 5.74) is -1.82. The Balaban J connectivity index is 1.79. The highest BCUT2D eigenvalue weighted by Gasteiger charge is 2.74. The maximum Gasteiger partial charge on any atom is 0.306 e. The number of ether oxygens (including phenoxy) is 1. The molecule has 7 atom stereocenters. The minimum atomic E-state index is -1.35. The lowest BCUT2D eigenvalue weighted by molar-refractivity contribution is -0.195. The Bertz CT molecular complexity index is 912. The molecule has 0 aromatic rings. The molecule has 4 aliphatic carbocycles. The topological polar surface area (TPSA) is 80.7 Å². The molecular formula is C25H32Cl2O5. The predicted octanol–water partition coefficient (Wildman–Crippen LogP) is 4.52. The van der Waals surface area contributed by atoms with Crippen molar-refractivity contribution in [2.24, 2.45) is 22.7 Å². The summed E-state index contributed by atoms with van der Waals surface area (Å²) in [5.74, 6) is -1.12. The van der Waals surface area contributed by atoms with Crippen LogP contribution in [0.3, 0.4) is 0 Å². The van der Waals surface area contributed by atoms with E-state index in [4.69, 9.17) is 27.9 Å². The van der Waals surface area contributed by atoms with Gasteiger partial charge < -0.3 is 9.84 Å². The number of hydrogen-bond donors (Lipinski definition) is 1. The number of aliphatic hydroxyl groups excluding tert-OH is 1. The van der Waals surface area contributed by atoms with Crippen LogP contribution in [-0.4, -0.2) is 45.1 Å². The van der Waals surface area contributed by atoms with Gasteiger partial charge in [0, 0.05) is 17.3 Å². The number of carbonyl (C=O) groups excluding carboxylic acids is 3. The normalized spacial score (nSPS) is 44.9. The van der Waals surface area contributed by atoms with Gasteiger partial charge in [-0.3, -0.25) is 14.4 Å². The van der Waals surface area contributed by atoms with Gasteiger partial charge in [-0.25, -0.2) is 0 Å². The van der Waals surface area contributed by atoms with Crippen LogP contribution in [0.15, 0.2) is 23.8 Å². The average Bonchev–Trinajstić information content (AvgIpc) is 3.02. The molecular weight excluding hydrogens is 451 g/mol. The van der Waals surface area contributed by atoms with Crippen LogP contribution in [0.25, 0.3) is 0 Å². The Labute approximate surface area is 199 Å². The molecule has 4 aliphatic rings. The predicted molar refractivity (Wildman–Crippen MR) is 123 cm³/mol. The lowest BCUT2D eigenvalue weighted by atomic mass is 9.45. The Hall–Kier alpha value is -1.17. The minimum Gasteiger partial charge on any atom is -0.450 e. The summed E-state index contributed by atoms with van der Waals surface area (Å²) in [6.45, 7) is 5.85. The fourth-order valence-electron chi connectivity index (χ4n) is 7.44. The van der Waals surface area contributed by atoms with Gasteiger partial charge in [-0.15, -0.1) is 23.2 Å². The highest BCUT2D eigenvalue weighted by atomic mass is 35.5. The van der Waals surface area contributed by atoms with Crippen molar-refractivity contribution in [1.29, 1.82) is 0 Å². The van der Waals surface area contributed by atoms with E-state index in [0.717, 1.165) is 5.57 Å². The van der Waals surface area contributed by atoms with Gasteiger partial charge in [0.2, 0.25) is 0 Å². The van der Waals surface area contributed by atoms with Gasteiger partial charge in [0.05, 0.1) is 16.9 Å². The molecule has 3 fully saturated rings. The van der Waals surface area contributed by atoms with Gasteiger partial charge >= 0.3 is 5.97 Å². The molecule has 7 heteroatoms. The van der Waals surface area contributed by atoms with E-state index in [1.54, 1.807) is 12.2 Å². The zero-order chi connectivity index (χ0) is 23.5. The molecule has 0 aromatic carbocycles. The van der Waals surface area contributed by atoms with Crippen molar-refractivity contribution >= 4 is 40.7 Å². The number of allylic oxidation sites excluding steroid dienone is 4. The quantitative estimate of drug-likeness (QED) is 0.460. The van der Waals surface area contributed by atoms with Crippen molar-refractivity contribution in [3.63, 3.8) is 0 Å². The van der Waals surface area contributed by atoms with E-state index < -0.39 is 33.4 Å². The molecule has 5 nitrogen and oxygen atoms in total. The van der Waals surface area contributed by atoms with Crippen LogP contribution in [0.4, 0.5) is 0 Å². The SMILES string of the molecule is CCCC(=O)O[C@]1(C(=O)CCl)CC[C@H]2[C@@H]3CCC4=CC(=O)C=C[C@]4(C)[C@@]3(Cl)C(O)C[C@@]21C. The number of alkyl halides is 2. The minimum absolute atomic E-state index is 0.0191. The summed E-state index contributed by atoms with van der Waals surface area (Å²) in [7, 11) is 0. The summed E-state index contributed by atoms with van der Waals surface area (Å²) in [4.78, 5) is 36.8. The highest BCUT2D eigenvalue weighted by Crippen LogP contribution is 2.71. The molecule has 0 spiro atoms. The second-order valence-corrected chi connectivity index (χ2v) is 11.3. The van der Waals surface area contributed by atoms with Crippen molar-refractivity contribution < 1.29 is 24.2 Å². The molecule has 1 unspecified atom stereocenters. The smallest absolute Gasteiger partial charge is 0.306 e. The Morgan fingerprint density at radius 1 is 1.25 bits per heavy atom. The van der Waals surface area contributed by atoms with Crippen molar-refractivity contribution in [3.05, 3.63) is 23.8 Å². The molecule has 0 saturated heterocycles. The summed E-state index contributed by atoms with van der Waals surface area (Å²) >= 11 is 13.4. The number of esters is 1. The molecule has 176 valence electrons. The largest absolute Gasteiger partial charge is 0.450 e. The summed E-state index contributed by atoms with van der Waals surface area (Å²) in [6.07, 6.45) is 7.64. The molecule has 1 N–H and O–H groups in total. The van der Waals surface area contributed by atoms with Crippen molar-refractivity contribution in [2.45, 2.75) is 82.3 Å². The average molecular weight is 483 g/mol. The molecule has 32 heavy (non-hydrogen) atoms. The third-order valence-corrected chi connectivity index (χ3v) is 10.2. The molecule has 0 aromatic heterocycles. The van der Waals surface area contributed by atoms with E-state index in [-0.39, 0.29) is 42.1 Å². The van der Waals surface area contributed by atoms with Gasteiger partial charge in [0.1, 0.15) is 0 Å². The first kappa shape index (κ1) is 24.0. The highest BCUT2D eigenvalue weighted by molar-refractivity contribution is 6.29. The zero-order valence-electron chi connectivity index (χ0n) is 19.0. The molecule has 0 aliphatic heterocycles. The molecule has 3 saturated carbocycles. The molecule has 0 bridgehead atoms. The maximum atomic E-state index is 13.2. The lowest BCUT2D eigenvalue weighted by Gasteiger charge is -2.64. The second kappa shape index (κ2) is 7.95. The van der Waals surface area contributed by atoms with Gasteiger partial charge in [-0.1, -0.05) is 32.4 Å². The van der Waals surface area contributed by atoms with Crippen molar-refractivity contribution in [1.82, 2.24) is 0 Å². The van der Waals surface area contributed by atoms with E-state index >= 15 is 0 Å². The second-order valence-electron chi connectivity index (χ2n) is 10.4. The lowest BCUT2D eigenvalue weighted by Crippen LogP contribution is -2.69. The first-order chi connectivity index (χ1) is 15.0. The van der Waals surface area contributed by atoms with Crippen LogP contribution in [-0.2, 0) is 19.1 Å². The number of Topliss-reactive ketones (excluding diaryl/α,β-unsaturated/α-hetero) is 1. The van der Waals surface area contributed by atoms with E-state index in [1.807, 2.05) is 26.8 Å². The monoisotopic (exact) mass is 482 g/mol. The number of aliphatic hydroxyl groups is 1. The summed E-state index contributed by atoms with van der Waals surface area (Å²) < 4.78 is 5.97. The zero-order valence-corrected chi connectivity index (χ0v) is 20.5. The maximum absolute atomic E-state index is 13.2. The van der Waals surface area contributed by atoms with Gasteiger partial charge in [-0.05, 0) is 62.5 Å². The summed E-state index contributed by atoms with van der Waals surface area (Å²) in [5, 5.41) is 11.6. The number of fused-ring (bicyclic) bond motifs is 5. The third-order valence-electron chi connectivity index (χ3n) is 9.08. The first-order valence-corrected chi connectivity index (χ1v) is 12.5. The molecule has 4 rings (SSSR count). The summed E-state index contributed by atoms with van der Waals surface area (Å²) in [6, 6.07) is 0. The number of halogens is 2. The Morgan fingerprint density at radius 3 is 2.62 bits per heavy atom. The van der Waals surface area contributed by atoms with Crippen LogP contribution in [0.2, 0.25) is 0 Å². The fourth-order valence-corrected chi connectivity index (χ4v) is 8.18. The Morgan fingerprint density at radius 2 is 1.97 bits per heavy atom. The molecule has 0 radical (unpaired) electrons. The number of carbonyl (C=O) groups is 3. The van der Waals surface area contributed by atoms with Crippen molar-refractivity contribution in [2.75, 3.05) is 5.88 Å². The van der Waals surface area contributed by atoms with Crippen LogP contribution in [0, 0.1) is 22.7 Å². The fraction of sp³-hybridized carbons (Fsp3) is 0.720. The molecule has 0 amide bonds. The van der Waals surface area contributed by atoms with Crippen molar-refractivity contribution in [3.8, 4) is 0 Å².